The highest BCUT2D eigenvalue weighted by Gasteiger charge is 2.41. The molecule has 1 aromatic rings. The summed E-state index contributed by atoms with van der Waals surface area (Å²) in [5, 5.41) is 6.18. The zero-order valence-electron chi connectivity index (χ0n) is 16.3. The first-order valence-electron chi connectivity index (χ1n) is 9.62. The SMILES string of the molecule is Cc1ccc(C(=O)NCC2C[C@H]3CC[C@@H](C2)N3CC(=O)NC(C)(C)C)s1. The van der Waals surface area contributed by atoms with E-state index < -0.39 is 0 Å². The first kappa shape index (κ1) is 19.4. The zero-order valence-corrected chi connectivity index (χ0v) is 17.1. The van der Waals surface area contributed by atoms with E-state index in [0.29, 0.717) is 24.5 Å². The van der Waals surface area contributed by atoms with Crippen LogP contribution in [0.1, 0.15) is 61.0 Å². The highest BCUT2D eigenvalue weighted by Crippen LogP contribution is 2.38. The molecule has 26 heavy (non-hydrogen) atoms. The third kappa shape index (κ3) is 4.86. The lowest BCUT2D eigenvalue weighted by atomic mass is 9.90. The van der Waals surface area contributed by atoms with Crippen LogP contribution in [0.5, 0.6) is 0 Å². The van der Waals surface area contributed by atoms with E-state index in [1.165, 1.54) is 12.8 Å². The molecule has 2 aliphatic heterocycles. The maximum absolute atomic E-state index is 12.3. The molecule has 2 saturated heterocycles. The molecule has 3 heterocycles. The summed E-state index contributed by atoms with van der Waals surface area (Å²) in [4.78, 5) is 28.9. The third-order valence-corrected chi connectivity index (χ3v) is 6.34. The van der Waals surface area contributed by atoms with Gasteiger partial charge in [-0.15, -0.1) is 11.3 Å². The summed E-state index contributed by atoms with van der Waals surface area (Å²) < 4.78 is 0. The molecule has 2 bridgehead atoms. The van der Waals surface area contributed by atoms with Crippen molar-refractivity contribution >= 4 is 23.2 Å². The van der Waals surface area contributed by atoms with Crippen LogP contribution in [-0.4, -0.2) is 47.4 Å². The summed E-state index contributed by atoms with van der Waals surface area (Å²) >= 11 is 1.54. The number of carbonyl (C=O) groups excluding carboxylic acids is 2. The van der Waals surface area contributed by atoms with E-state index in [-0.39, 0.29) is 17.4 Å². The van der Waals surface area contributed by atoms with Gasteiger partial charge >= 0.3 is 0 Å². The third-order valence-electron chi connectivity index (χ3n) is 5.34. The predicted octanol–water partition coefficient (Wildman–Crippen LogP) is 2.94. The number of rotatable bonds is 5. The fraction of sp³-hybridized carbons (Fsp3) is 0.700. The highest BCUT2D eigenvalue weighted by atomic mass is 32.1. The minimum absolute atomic E-state index is 0.0439. The van der Waals surface area contributed by atoms with Crippen LogP contribution in [0.25, 0.3) is 0 Å². The van der Waals surface area contributed by atoms with Gasteiger partial charge in [0.2, 0.25) is 5.91 Å². The van der Waals surface area contributed by atoms with E-state index in [1.807, 2.05) is 39.8 Å². The van der Waals surface area contributed by atoms with Crippen LogP contribution in [0.15, 0.2) is 12.1 Å². The van der Waals surface area contributed by atoms with E-state index in [9.17, 15) is 9.59 Å². The van der Waals surface area contributed by atoms with Gasteiger partial charge in [0.05, 0.1) is 11.4 Å². The molecule has 0 aromatic carbocycles. The molecule has 0 saturated carbocycles. The van der Waals surface area contributed by atoms with Crippen molar-refractivity contribution < 1.29 is 9.59 Å². The summed E-state index contributed by atoms with van der Waals surface area (Å²) in [5.41, 5.74) is -0.182. The molecule has 3 rings (SSSR count). The van der Waals surface area contributed by atoms with E-state index in [0.717, 1.165) is 29.1 Å². The van der Waals surface area contributed by atoms with Gasteiger partial charge in [-0.1, -0.05) is 0 Å². The molecule has 0 aliphatic carbocycles. The Morgan fingerprint density at radius 1 is 1.19 bits per heavy atom. The van der Waals surface area contributed by atoms with E-state index in [1.54, 1.807) is 11.3 Å². The van der Waals surface area contributed by atoms with Crippen LogP contribution >= 0.6 is 11.3 Å². The van der Waals surface area contributed by atoms with E-state index in [2.05, 4.69) is 15.5 Å². The summed E-state index contributed by atoms with van der Waals surface area (Å²) in [7, 11) is 0. The molecular weight excluding hydrogens is 346 g/mol. The van der Waals surface area contributed by atoms with Gasteiger partial charge in [-0.05, 0) is 71.4 Å². The van der Waals surface area contributed by atoms with Crippen molar-refractivity contribution in [2.75, 3.05) is 13.1 Å². The molecule has 2 aliphatic rings. The van der Waals surface area contributed by atoms with Gasteiger partial charge in [-0.3, -0.25) is 14.5 Å². The molecule has 3 atom stereocenters. The maximum Gasteiger partial charge on any atom is 0.261 e. The van der Waals surface area contributed by atoms with Gasteiger partial charge in [0.1, 0.15) is 0 Å². The second kappa shape index (κ2) is 7.69. The Balaban J connectivity index is 1.49. The summed E-state index contributed by atoms with van der Waals surface area (Å²) in [6.45, 7) is 9.31. The Morgan fingerprint density at radius 3 is 2.38 bits per heavy atom. The van der Waals surface area contributed by atoms with Gasteiger partial charge in [0.15, 0.2) is 0 Å². The van der Waals surface area contributed by atoms with Crippen LogP contribution in [-0.2, 0) is 4.79 Å². The predicted molar refractivity (Wildman–Crippen MR) is 106 cm³/mol. The quantitative estimate of drug-likeness (QED) is 0.829. The maximum atomic E-state index is 12.3. The second-order valence-corrected chi connectivity index (χ2v) is 10.1. The van der Waals surface area contributed by atoms with Crippen LogP contribution in [0.4, 0.5) is 0 Å². The van der Waals surface area contributed by atoms with Gasteiger partial charge in [0.25, 0.3) is 5.91 Å². The molecule has 6 heteroatoms. The number of nitrogens with one attached hydrogen (secondary N) is 2. The Kier molecular flexibility index (Phi) is 5.72. The average Bonchev–Trinajstić information content (AvgIpc) is 3.04. The van der Waals surface area contributed by atoms with Gasteiger partial charge in [-0.25, -0.2) is 0 Å². The van der Waals surface area contributed by atoms with E-state index >= 15 is 0 Å². The molecule has 2 N–H and O–H groups in total. The number of amides is 2. The Labute approximate surface area is 160 Å². The number of fused-ring (bicyclic) bond motifs is 2. The van der Waals surface area contributed by atoms with E-state index in [4.69, 9.17) is 0 Å². The molecule has 0 spiro atoms. The number of piperidine rings is 1. The van der Waals surface area contributed by atoms with Crippen LogP contribution in [0, 0.1) is 12.8 Å². The molecule has 2 amide bonds. The Morgan fingerprint density at radius 2 is 1.85 bits per heavy atom. The summed E-state index contributed by atoms with van der Waals surface area (Å²) in [6, 6.07) is 4.84. The van der Waals surface area contributed by atoms with Crippen molar-refractivity contribution in [1.29, 1.82) is 0 Å². The molecule has 0 radical (unpaired) electrons. The Bertz CT molecular complexity index is 650. The normalized spacial score (nSPS) is 25.9. The Hall–Kier alpha value is -1.40. The summed E-state index contributed by atoms with van der Waals surface area (Å²) in [5.74, 6) is 0.677. The first-order chi connectivity index (χ1) is 12.2. The second-order valence-electron chi connectivity index (χ2n) is 8.81. The molecule has 1 aromatic heterocycles. The largest absolute Gasteiger partial charge is 0.351 e. The van der Waals surface area contributed by atoms with Gasteiger partial charge in [0, 0.05) is 29.0 Å². The minimum Gasteiger partial charge on any atom is -0.351 e. The topological polar surface area (TPSA) is 61.4 Å². The van der Waals surface area contributed by atoms with Crippen LogP contribution < -0.4 is 10.6 Å². The van der Waals surface area contributed by atoms with Crippen LogP contribution in [0.2, 0.25) is 0 Å². The van der Waals surface area contributed by atoms with Gasteiger partial charge < -0.3 is 10.6 Å². The van der Waals surface area contributed by atoms with Gasteiger partial charge in [-0.2, -0.15) is 0 Å². The minimum atomic E-state index is -0.182. The van der Waals surface area contributed by atoms with Crippen molar-refractivity contribution in [2.24, 2.45) is 5.92 Å². The van der Waals surface area contributed by atoms with Crippen molar-refractivity contribution in [2.45, 2.75) is 71.0 Å². The number of carbonyl (C=O) groups is 2. The van der Waals surface area contributed by atoms with Crippen molar-refractivity contribution in [3.8, 4) is 0 Å². The smallest absolute Gasteiger partial charge is 0.261 e. The molecular formula is C20H31N3O2S. The van der Waals surface area contributed by atoms with Crippen LogP contribution in [0.3, 0.4) is 0 Å². The average molecular weight is 378 g/mol. The number of thiophene rings is 1. The lowest BCUT2D eigenvalue weighted by Crippen LogP contribution is -2.51. The number of hydrogen-bond donors (Lipinski definition) is 2. The first-order valence-corrected chi connectivity index (χ1v) is 10.4. The molecule has 5 nitrogen and oxygen atoms in total. The molecule has 144 valence electrons. The zero-order chi connectivity index (χ0) is 18.9. The van der Waals surface area contributed by atoms with Crippen molar-refractivity contribution in [1.82, 2.24) is 15.5 Å². The standard InChI is InChI=1S/C20H31N3O2S/c1-13-5-8-17(26-13)19(25)21-11-14-9-15-6-7-16(10-14)23(15)12-18(24)22-20(2,3)4/h5,8,14-16H,6-7,9-12H2,1-4H3,(H,21,25)(H,22,24)/t14?,15-,16+. The fourth-order valence-electron chi connectivity index (χ4n) is 4.32. The van der Waals surface area contributed by atoms with Crippen molar-refractivity contribution in [3.05, 3.63) is 21.9 Å². The highest BCUT2D eigenvalue weighted by molar-refractivity contribution is 7.13. The van der Waals surface area contributed by atoms with Crippen molar-refractivity contribution in [3.63, 3.8) is 0 Å². The number of hydrogen-bond acceptors (Lipinski definition) is 4. The number of aryl methyl sites for hydroxylation is 1. The fourth-order valence-corrected chi connectivity index (χ4v) is 5.10. The lowest BCUT2D eigenvalue weighted by Gasteiger charge is -2.39. The summed E-state index contributed by atoms with van der Waals surface area (Å²) in [6.07, 6.45) is 4.48. The molecule has 1 unspecified atom stereocenters. The molecule has 2 fully saturated rings. The monoisotopic (exact) mass is 377 g/mol. The lowest BCUT2D eigenvalue weighted by molar-refractivity contribution is -0.125. The number of nitrogens with zero attached hydrogens (tertiary/aromatic N) is 1.